The summed E-state index contributed by atoms with van der Waals surface area (Å²) in [7, 11) is 0. The van der Waals surface area contributed by atoms with Crippen molar-refractivity contribution in [1.82, 2.24) is 0 Å². The third kappa shape index (κ3) is 3.40. The predicted molar refractivity (Wildman–Crippen MR) is 73.7 cm³/mol. The van der Waals surface area contributed by atoms with Crippen LogP contribution in [0.15, 0.2) is 22.7 Å². The summed E-state index contributed by atoms with van der Waals surface area (Å²) in [6.45, 7) is 0.941. The number of nitrogens with two attached hydrogens (primary N) is 1. The Kier molecular flexibility index (Phi) is 4.55. The van der Waals surface area contributed by atoms with Gasteiger partial charge in [0.1, 0.15) is 0 Å². The van der Waals surface area contributed by atoms with E-state index in [-0.39, 0.29) is 0 Å². The zero-order valence-corrected chi connectivity index (χ0v) is 11.5. The topological polar surface area (TPSA) is 35.2 Å². The Morgan fingerprint density at radius 2 is 2.38 bits per heavy atom. The summed E-state index contributed by atoms with van der Waals surface area (Å²) in [6.07, 6.45) is 2.91. The molecule has 2 N–H and O–H groups in total. The molecule has 1 atom stereocenters. The first-order valence-electron chi connectivity index (χ1n) is 5.49. The maximum atomic E-state index is 5.83. The molecule has 1 aliphatic rings. The molecule has 88 valence electrons. The third-order valence-electron chi connectivity index (χ3n) is 2.66. The summed E-state index contributed by atoms with van der Waals surface area (Å²) >= 11 is 5.32. The van der Waals surface area contributed by atoms with Crippen LogP contribution in [0.25, 0.3) is 0 Å². The van der Waals surface area contributed by atoms with Crippen LogP contribution >= 0.6 is 27.7 Å². The highest BCUT2D eigenvalue weighted by Crippen LogP contribution is 2.24. The molecular formula is C12H16BrNOS. The first-order chi connectivity index (χ1) is 7.75. The van der Waals surface area contributed by atoms with E-state index in [9.17, 15) is 0 Å². The van der Waals surface area contributed by atoms with Gasteiger partial charge in [-0.25, -0.2) is 0 Å². The molecule has 4 heteroatoms. The van der Waals surface area contributed by atoms with E-state index in [0.717, 1.165) is 28.3 Å². The molecule has 0 amide bonds. The zero-order chi connectivity index (χ0) is 11.4. The van der Waals surface area contributed by atoms with Gasteiger partial charge in [-0.05, 0) is 46.5 Å². The van der Waals surface area contributed by atoms with Gasteiger partial charge < -0.3 is 10.5 Å². The maximum absolute atomic E-state index is 5.83. The van der Waals surface area contributed by atoms with Crippen molar-refractivity contribution in [2.75, 3.05) is 18.1 Å². The van der Waals surface area contributed by atoms with Gasteiger partial charge in [-0.2, -0.15) is 11.8 Å². The molecule has 1 unspecified atom stereocenters. The fraction of sp³-hybridized carbons (Fsp3) is 0.500. The van der Waals surface area contributed by atoms with Gasteiger partial charge in [-0.3, -0.25) is 0 Å². The van der Waals surface area contributed by atoms with Gasteiger partial charge in [0, 0.05) is 28.3 Å². The van der Waals surface area contributed by atoms with Crippen LogP contribution in [-0.4, -0.2) is 18.5 Å². The van der Waals surface area contributed by atoms with E-state index >= 15 is 0 Å². The first kappa shape index (κ1) is 12.3. The van der Waals surface area contributed by atoms with E-state index in [1.54, 1.807) is 0 Å². The molecule has 0 bridgehead atoms. The third-order valence-corrected chi connectivity index (χ3v) is 4.52. The molecule has 0 spiro atoms. The lowest BCUT2D eigenvalue weighted by atomic mass is 10.2. The van der Waals surface area contributed by atoms with Gasteiger partial charge in [0.15, 0.2) is 0 Å². The van der Waals surface area contributed by atoms with Gasteiger partial charge in [0.05, 0.1) is 6.10 Å². The molecule has 1 saturated heterocycles. The van der Waals surface area contributed by atoms with Crippen LogP contribution in [0.5, 0.6) is 0 Å². The second-order valence-corrected chi connectivity index (χ2v) is 5.89. The van der Waals surface area contributed by atoms with E-state index in [1.165, 1.54) is 18.4 Å². The van der Waals surface area contributed by atoms with Crippen molar-refractivity contribution in [2.45, 2.75) is 24.7 Å². The number of hydrogen-bond donors (Lipinski definition) is 1. The van der Waals surface area contributed by atoms with E-state index in [1.807, 2.05) is 23.9 Å². The van der Waals surface area contributed by atoms with E-state index in [0.29, 0.717) is 6.10 Å². The van der Waals surface area contributed by atoms with Crippen LogP contribution in [-0.2, 0) is 10.5 Å². The van der Waals surface area contributed by atoms with E-state index in [4.69, 9.17) is 10.5 Å². The highest BCUT2D eigenvalue weighted by molar-refractivity contribution is 9.10. The molecule has 0 saturated carbocycles. The van der Waals surface area contributed by atoms with Gasteiger partial charge in [0.25, 0.3) is 0 Å². The molecule has 1 aromatic rings. The highest BCUT2D eigenvalue weighted by atomic mass is 79.9. The van der Waals surface area contributed by atoms with Crippen LogP contribution in [0.2, 0.25) is 0 Å². The molecule has 2 nitrogen and oxygen atoms in total. The van der Waals surface area contributed by atoms with Crippen molar-refractivity contribution in [3.05, 3.63) is 28.2 Å². The largest absolute Gasteiger partial charge is 0.398 e. The van der Waals surface area contributed by atoms with Gasteiger partial charge in [-0.1, -0.05) is 6.07 Å². The van der Waals surface area contributed by atoms with Crippen molar-refractivity contribution in [3.8, 4) is 0 Å². The fourth-order valence-electron chi connectivity index (χ4n) is 1.77. The van der Waals surface area contributed by atoms with Gasteiger partial charge in [0.2, 0.25) is 0 Å². The molecule has 1 aromatic carbocycles. The average Bonchev–Trinajstić information content (AvgIpc) is 2.76. The lowest BCUT2D eigenvalue weighted by Gasteiger charge is -2.09. The number of anilines is 1. The summed E-state index contributed by atoms with van der Waals surface area (Å²) in [5, 5.41) is 0. The average molecular weight is 302 g/mol. The molecule has 0 aliphatic carbocycles. The Morgan fingerprint density at radius 1 is 1.50 bits per heavy atom. The molecule has 0 aromatic heterocycles. The van der Waals surface area contributed by atoms with Crippen molar-refractivity contribution >= 4 is 33.4 Å². The van der Waals surface area contributed by atoms with Crippen molar-refractivity contribution < 1.29 is 4.74 Å². The SMILES string of the molecule is Nc1cc(CSCC2CCCO2)ccc1Br. The second-order valence-electron chi connectivity index (χ2n) is 4.01. The lowest BCUT2D eigenvalue weighted by Crippen LogP contribution is -2.07. The number of thioether (sulfide) groups is 1. The second kappa shape index (κ2) is 5.94. The van der Waals surface area contributed by atoms with Gasteiger partial charge in [-0.15, -0.1) is 0 Å². The Hall–Kier alpha value is -0.190. The van der Waals surface area contributed by atoms with Crippen molar-refractivity contribution in [1.29, 1.82) is 0 Å². The highest BCUT2D eigenvalue weighted by Gasteiger charge is 2.14. The van der Waals surface area contributed by atoms with Crippen molar-refractivity contribution in [3.63, 3.8) is 0 Å². The Balaban J connectivity index is 1.78. The van der Waals surface area contributed by atoms with E-state index < -0.39 is 0 Å². The summed E-state index contributed by atoms with van der Waals surface area (Å²) in [4.78, 5) is 0. The minimum absolute atomic E-state index is 0.470. The monoisotopic (exact) mass is 301 g/mol. The normalized spacial score (nSPS) is 20.2. The fourth-order valence-corrected chi connectivity index (χ4v) is 3.07. The number of hydrogen-bond acceptors (Lipinski definition) is 3. The number of ether oxygens (including phenoxy) is 1. The molecule has 1 fully saturated rings. The van der Waals surface area contributed by atoms with Crippen LogP contribution in [0.3, 0.4) is 0 Å². The molecular weight excluding hydrogens is 286 g/mol. The standard InChI is InChI=1S/C12H16BrNOS/c13-11-4-3-9(6-12(11)14)7-16-8-10-2-1-5-15-10/h3-4,6,10H,1-2,5,7-8,14H2. The van der Waals surface area contributed by atoms with Crippen LogP contribution in [0.4, 0.5) is 5.69 Å². The first-order valence-corrected chi connectivity index (χ1v) is 7.44. The summed E-state index contributed by atoms with van der Waals surface area (Å²) in [5.41, 5.74) is 7.93. The Labute approximate surface area is 109 Å². The lowest BCUT2D eigenvalue weighted by molar-refractivity contribution is 0.129. The molecule has 2 rings (SSSR count). The zero-order valence-electron chi connectivity index (χ0n) is 9.12. The Morgan fingerprint density at radius 3 is 3.06 bits per heavy atom. The number of benzene rings is 1. The minimum atomic E-state index is 0.470. The van der Waals surface area contributed by atoms with Crippen molar-refractivity contribution in [2.24, 2.45) is 0 Å². The minimum Gasteiger partial charge on any atom is -0.398 e. The molecule has 16 heavy (non-hydrogen) atoms. The maximum Gasteiger partial charge on any atom is 0.0666 e. The number of halogens is 1. The smallest absolute Gasteiger partial charge is 0.0666 e. The van der Waals surface area contributed by atoms with E-state index in [2.05, 4.69) is 22.0 Å². The molecule has 1 aliphatic heterocycles. The Bertz CT molecular complexity index is 353. The number of nitrogen functional groups attached to an aromatic ring is 1. The number of rotatable bonds is 4. The van der Waals surface area contributed by atoms with Gasteiger partial charge >= 0.3 is 0 Å². The van der Waals surface area contributed by atoms with Crippen LogP contribution < -0.4 is 5.73 Å². The quantitative estimate of drug-likeness (QED) is 0.865. The summed E-state index contributed by atoms with van der Waals surface area (Å²) in [6, 6.07) is 6.16. The van der Waals surface area contributed by atoms with Crippen LogP contribution in [0, 0.1) is 0 Å². The predicted octanol–water partition coefficient (Wildman–Crippen LogP) is 3.44. The van der Waals surface area contributed by atoms with Crippen LogP contribution in [0.1, 0.15) is 18.4 Å². The summed E-state index contributed by atoms with van der Waals surface area (Å²) in [5.74, 6) is 2.10. The molecule has 1 heterocycles. The summed E-state index contributed by atoms with van der Waals surface area (Å²) < 4.78 is 6.55. The molecule has 0 radical (unpaired) electrons.